The number of carbonyl (C=O) groups is 1. The van der Waals surface area contributed by atoms with Gasteiger partial charge in [0.05, 0.1) is 0 Å². The number of hydrogen-bond donors (Lipinski definition) is 0. The molecule has 7 heteroatoms. The molecule has 1 saturated carbocycles. The van der Waals surface area contributed by atoms with E-state index in [4.69, 9.17) is 23.3 Å². The highest BCUT2D eigenvalue weighted by molar-refractivity contribution is 6.60. The topological polar surface area (TPSA) is 77.8 Å². The molecule has 0 saturated heterocycles. The second-order valence-electron chi connectivity index (χ2n) is 5.39. The van der Waals surface area contributed by atoms with Gasteiger partial charge in [0.1, 0.15) is 11.9 Å². The minimum absolute atomic E-state index is 0.0388. The van der Waals surface area contributed by atoms with Crippen molar-refractivity contribution in [3.8, 4) is 6.26 Å². The van der Waals surface area contributed by atoms with Gasteiger partial charge in [0.15, 0.2) is 0 Å². The van der Waals surface area contributed by atoms with E-state index in [2.05, 4.69) is 0 Å². The molecule has 0 aromatic carbocycles. The Morgan fingerprint density at radius 3 is 2.19 bits per heavy atom. The lowest BCUT2D eigenvalue weighted by Crippen LogP contribution is -2.43. The van der Waals surface area contributed by atoms with E-state index in [0.29, 0.717) is 24.8 Å². The third-order valence-corrected chi connectivity index (χ3v) is 6.90. The van der Waals surface area contributed by atoms with Crippen molar-refractivity contribution in [2.45, 2.75) is 50.7 Å². The molecule has 21 heavy (non-hydrogen) atoms. The van der Waals surface area contributed by atoms with E-state index >= 15 is 0 Å². The minimum atomic E-state index is -2.64. The maximum Gasteiger partial charge on any atom is 0.500 e. The van der Waals surface area contributed by atoms with Crippen LogP contribution in [0.4, 0.5) is 0 Å². The zero-order chi connectivity index (χ0) is 15.7. The SMILES string of the molecule is CO[Si](CCC(=O)CC1CCC(OC#N)CC1)(OC)OC. The molecule has 1 aliphatic rings. The van der Waals surface area contributed by atoms with Crippen LogP contribution in [0.2, 0.25) is 6.04 Å². The lowest BCUT2D eigenvalue weighted by molar-refractivity contribution is -0.120. The molecule has 1 rings (SSSR count). The summed E-state index contributed by atoms with van der Waals surface area (Å²) in [4.78, 5) is 12.1. The van der Waals surface area contributed by atoms with Crippen LogP contribution >= 0.6 is 0 Å². The normalized spacial score (nSPS) is 22.6. The fourth-order valence-corrected chi connectivity index (χ4v) is 4.50. The molecule has 0 aliphatic heterocycles. The van der Waals surface area contributed by atoms with Crippen LogP contribution in [0.15, 0.2) is 0 Å². The molecule has 0 heterocycles. The average molecular weight is 315 g/mol. The minimum Gasteiger partial charge on any atom is -0.424 e. The summed E-state index contributed by atoms with van der Waals surface area (Å²) in [6.07, 6.45) is 6.40. The maximum atomic E-state index is 12.1. The van der Waals surface area contributed by atoms with Crippen LogP contribution in [-0.4, -0.2) is 42.0 Å². The highest BCUT2D eigenvalue weighted by Crippen LogP contribution is 2.29. The van der Waals surface area contributed by atoms with Crippen molar-refractivity contribution in [3.05, 3.63) is 0 Å². The number of ether oxygens (including phenoxy) is 1. The highest BCUT2D eigenvalue weighted by Gasteiger charge is 2.38. The number of Topliss-reactive ketones (excluding diaryl/α,β-unsaturated/α-hetero) is 1. The van der Waals surface area contributed by atoms with Gasteiger partial charge in [0.2, 0.25) is 0 Å². The number of nitriles is 1. The van der Waals surface area contributed by atoms with Gasteiger partial charge in [-0.1, -0.05) is 0 Å². The Hall–Kier alpha value is -0.943. The van der Waals surface area contributed by atoms with Gasteiger partial charge in [-0.2, -0.15) is 5.26 Å². The Morgan fingerprint density at radius 2 is 1.71 bits per heavy atom. The number of carbonyl (C=O) groups excluding carboxylic acids is 1. The van der Waals surface area contributed by atoms with E-state index in [1.807, 2.05) is 0 Å². The Bertz CT molecular complexity index is 351. The smallest absolute Gasteiger partial charge is 0.424 e. The molecule has 1 aliphatic carbocycles. The molecule has 0 unspecified atom stereocenters. The van der Waals surface area contributed by atoms with Gasteiger partial charge in [-0.3, -0.25) is 4.79 Å². The molecular formula is C14H25NO5Si. The average Bonchev–Trinajstić information content (AvgIpc) is 2.51. The highest BCUT2D eigenvalue weighted by atomic mass is 28.4. The lowest BCUT2D eigenvalue weighted by Gasteiger charge is -2.27. The second-order valence-corrected chi connectivity index (χ2v) is 8.48. The van der Waals surface area contributed by atoms with Gasteiger partial charge in [-0.15, -0.1) is 0 Å². The van der Waals surface area contributed by atoms with E-state index in [0.717, 1.165) is 25.7 Å². The predicted molar refractivity (Wildman–Crippen MR) is 78.3 cm³/mol. The largest absolute Gasteiger partial charge is 0.500 e. The van der Waals surface area contributed by atoms with Crippen molar-refractivity contribution >= 4 is 14.6 Å². The van der Waals surface area contributed by atoms with Crippen molar-refractivity contribution in [3.63, 3.8) is 0 Å². The zero-order valence-corrected chi connectivity index (χ0v) is 14.1. The van der Waals surface area contributed by atoms with Gasteiger partial charge < -0.3 is 18.0 Å². The van der Waals surface area contributed by atoms with E-state index in [9.17, 15) is 4.79 Å². The third kappa shape index (κ3) is 5.75. The Balaban J connectivity index is 2.30. The van der Waals surface area contributed by atoms with Gasteiger partial charge >= 0.3 is 8.80 Å². The summed E-state index contributed by atoms with van der Waals surface area (Å²) >= 11 is 0. The van der Waals surface area contributed by atoms with E-state index in [1.165, 1.54) is 0 Å². The molecule has 0 bridgehead atoms. The van der Waals surface area contributed by atoms with Crippen LogP contribution in [0.1, 0.15) is 38.5 Å². The molecule has 0 amide bonds. The first-order valence-corrected chi connectivity index (χ1v) is 9.24. The molecule has 6 nitrogen and oxygen atoms in total. The molecule has 0 atom stereocenters. The Morgan fingerprint density at radius 1 is 1.14 bits per heavy atom. The van der Waals surface area contributed by atoms with E-state index in [1.54, 1.807) is 27.6 Å². The number of ketones is 1. The predicted octanol–water partition coefficient (Wildman–Crippen LogP) is 2.27. The second kappa shape index (κ2) is 9.15. The lowest BCUT2D eigenvalue weighted by atomic mass is 9.84. The van der Waals surface area contributed by atoms with E-state index in [-0.39, 0.29) is 11.9 Å². The molecular weight excluding hydrogens is 290 g/mol. The van der Waals surface area contributed by atoms with Crippen LogP contribution in [0.3, 0.4) is 0 Å². The number of hydrogen-bond acceptors (Lipinski definition) is 6. The molecule has 120 valence electrons. The Kier molecular flexibility index (Phi) is 7.89. The first-order chi connectivity index (χ1) is 10.1. The quantitative estimate of drug-likeness (QED) is 0.480. The standard InChI is InChI=1S/C14H25NO5Si/c1-17-21(18-2,19-3)9-8-13(16)10-12-4-6-14(7-5-12)20-11-15/h12,14H,4-10H2,1-3H3. The third-order valence-electron chi connectivity index (χ3n) is 4.17. The summed E-state index contributed by atoms with van der Waals surface area (Å²) in [6, 6.07) is 0.516. The van der Waals surface area contributed by atoms with Crippen LogP contribution in [0, 0.1) is 17.4 Å². The fraction of sp³-hybridized carbons (Fsp3) is 0.857. The van der Waals surface area contributed by atoms with Crippen LogP contribution in [-0.2, 0) is 22.8 Å². The number of rotatable bonds is 9. The maximum absolute atomic E-state index is 12.1. The van der Waals surface area contributed by atoms with Gasteiger partial charge in [-0.05, 0) is 31.6 Å². The summed E-state index contributed by atoms with van der Waals surface area (Å²) < 4.78 is 20.9. The molecule has 1 fully saturated rings. The zero-order valence-electron chi connectivity index (χ0n) is 13.1. The van der Waals surface area contributed by atoms with Gasteiger partial charge in [-0.25, -0.2) is 0 Å². The van der Waals surface area contributed by atoms with E-state index < -0.39 is 8.80 Å². The van der Waals surface area contributed by atoms with Gasteiger partial charge in [0, 0.05) is 40.2 Å². The molecule has 0 aromatic heterocycles. The fourth-order valence-electron chi connectivity index (χ4n) is 2.80. The molecule has 0 N–H and O–H groups in total. The van der Waals surface area contributed by atoms with Crippen LogP contribution in [0.25, 0.3) is 0 Å². The monoisotopic (exact) mass is 315 g/mol. The van der Waals surface area contributed by atoms with Crippen LogP contribution < -0.4 is 0 Å². The molecule has 0 spiro atoms. The van der Waals surface area contributed by atoms with Crippen molar-refractivity contribution in [1.82, 2.24) is 0 Å². The number of nitrogens with zero attached hydrogens (tertiary/aromatic N) is 1. The summed E-state index contributed by atoms with van der Waals surface area (Å²) in [6.45, 7) is 0. The summed E-state index contributed by atoms with van der Waals surface area (Å²) in [5, 5.41) is 8.49. The van der Waals surface area contributed by atoms with Crippen LogP contribution in [0.5, 0.6) is 0 Å². The Labute approximate surface area is 127 Å². The van der Waals surface area contributed by atoms with Crippen molar-refractivity contribution in [2.75, 3.05) is 21.3 Å². The molecule has 0 radical (unpaired) electrons. The molecule has 0 aromatic rings. The van der Waals surface area contributed by atoms with Gasteiger partial charge in [0.25, 0.3) is 6.26 Å². The summed E-state index contributed by atoms with van der Waals surface area (Å²) in [5.41, 5.74) is 0. The van der Waals surface area contributed by atoms with Crippen molar-refractivity contribution in [1.29, 1.82) is 5.26 Å². The first kappa shape index (κ1) is 18.1. The summed E-state index contributed by atoms with van der Waals surface area (Å²) in [7, 11) is 2.02. The first-order valence-electron chi connectivity index (χ1n) is 7.31. The van der Waals surface area contributed by atoms with Crippen molar-refractivity contribution < 1.29 is 22.8 Å². The van der Waals surface area contributed by atoms with Crippen molar-refractivity contribution in [2.24, 2.45) is 5.92 Å². The summed E-state index contributed by atoms with van der Waals surface area (Å²) in [5.74, 6) is 0.627.